The van der Waals surface area contributed by atoms with Crippen LogP contribution >= 0.6 is 12.4 Å². The predicted octanol–water partition coefficient (Wildman–Crippen LogP) is 0.681. The number of hydrogen-bond acceptors (Lipinski definition) is 2. The third-order valence-electron chi connectivity index (χ3n) is 2.38. The highest BCUT2D eigenvalue weighted by molar-refractivity contribution is 5.85. The molecule has 74 valence electrons. The van der Waals surface area contributed by atoms with Gasteiger partial charge in [-0.15, -0.1) is 12.4 Å². The van der Waals surface area contributed by atoms with Crippen molar-refractivity contribution in [1.29, 1.82) is 0 Å². The Hall–Kier alpha value is -0.510. The number of hydrogen-bond donors (Lipinski definition) is 2. The van der Waals surface area contributed by atoms with E-state index in [-0.39, 0.29) is 12.4 Å². The number of halogens is 1. The molecule has 1 saturated heterocycles. The zero-order chi connectivity index (χ0) is 8.39. The molecule has 3 nitrogen and oxygen atoms in total. The fraction of sp³-hybridized carbons (Fsp3) is 0.556. The average Bonchev–Trinajstić information content (AvgIpc) is 2.53. The van der Waals surface area contributed by atoms with Gasteiger partial charge in [-0.2, -0.15) is 0 Å². The first-order valence-electron chi connectivity index (χ1n) is 4.43. The van der Waals surface area contributed by atoms with Gasteiger partial charge in [0.05, 0.1) is 6.04 Å². The first-order chi connectivity index (χ1) is 5.88. The second kappa shape index (κ2) is 4.65. The molecule has 4 heteroatoms. The Labute approximate surface area is 84.9 Å². The van der Waals surface area contributed by atoms with Gasteiger partial charge >= 0.3 is 0 Å². The highest BCUT2D eigenvalue weighted by atomic mass is 35.5. The topological polar surface area (TPSA) is 29.0 Å². The number of nitrogens with zero attached hydrogens (tertiary/aromatic N) is 1. The van der Waals surface area contributed by atoms with Crippen molar-refractivity contribution < 1.29 is 0 Å². The lowest BCUT2D eigenvalue weighted by Gasteiger charge is -2.24. The van der Waals surface area contributed by atoms with Crippen molar-refractivity contribution >= 4 is 12.4 Å². The van der Waals surface area contributed by atoms with Crippen LogP contribution in [0.25, 0.3) is 0 Å². The highest BCUT2D eigenvalue weighted by Gasteiger charge is 2.15. The normalized spacial score (nSPS) is 22.4. The molecule has 2 rings (SSSR count). The summed E-state index contributed by atoms with van der Waals surface area (Å²) in [4.78, 5) is 0. The summed E-state index contributed by atoms with van der Waals surface area (Å²) < 4.78 is 2.17. The van der Waals surface area contributed by atoms with Gasteiger partial charge < -0.3 is 15.2 Å². The minimum absolute atomic E-state index is 0. The molecule has 0 radical (unpaired) electrons. The molecule has 0 aliphatic carbocycles. The number of aromatic nitrogens is 1. The third-order valence-corrected chi connectivity index (χ3v) is 2.38. The molecule has 0 bridgehead atoms. The lowest BCUT2D eigenvalue weighted by Crippen LogP contribution is -2.43. The molecule has 1 aliphatic heterocycles. The van der Waals surface area contributed by atoms with E-state index in [0.29, 0.717) is 6.04 Å². The Kier molecular flexibility index (Phi) is 3.78. The number of aryl methyl sites for hydroxylation is 1. The maximum atomic E-state index is 3.48. The van der Waals surface area contributed by atoms with Gasteiger partial charge in [-0.05, 0) is 12.1 Å². The molecule has 1 aliphatic rings. The van der Waals surface area contributed by atoms with E-state index < -0.39 is 0 Å². The molecular weight excluding hydrogens is 186 g/mol. The average molecular weight is 202 g/mol. The fourth-order valence-corrected chi connectivity index (χ4v) is 1.70. The van der Waals surface area contributed by atoms with Gasteiger partial charge in [0.1, 0.15) is 0 Å². The van der Waals surface area contributed by atoms with Crippen LogP contribution in [0.15, 0.2) is 18.3 Å². The molecule has 1 atom stereocenters. The zero-order valence-corrected chi connectivity index (χ0v) is 8.60. The Morgan fingerprint density at radius 1 is 1.46 bits per heavy atom. The van der Waals surface area contributed by atoms with Crippen LogP contribution in [-0.4, -0.2) is 24.2 Å². The Morgan fingerprint density at radius 3 is 2.85 bits per heavy atom. The van der Waals surface area contributed by atoms with Crippen LogP contribution in [0.3, 0.4) is 0 Å². The largest absolute Gasteiger partial charge is 0.353 e. The minimum atomic E-state index is 0. The van der Waals surface area contributed by atoms with Crippen molar-refractivity contribution in [2.45, 2.75) is 6.04 Å². The lowest BCUT2D eigenvalue weighted by molar-refractivity contribution is 0.416. The molecule has 1 aromatic heterocycles. The zero-order valence-electron chi connectivity index (χ0n) is 7.79. The summed E-state index contributed by atoms with van der Waals surface area (Å²) >= 11 is 0. The van der Waals surface area contributed by atoms with E-state index in [2.05, 4.69) is 40.6 Å². The van der Waals surface area contributed by atoms with E-state index in [9.17, 15) is 0 Å². The van der Waals surface area contributed by atoms with E-state index in [1.54, 1.807) is 0 Å². The molecule has 1 aromatic rings. The second-order valence-electron chi connectivity index (χ2n) is 3.25. The summed E-state index contributed by atoms with van der Waals surface area (Å²) in [5.41, 5.74) is 1.36. The molecule has 0 spiro atoms. The Balaban J connectivity index is 0.000000845. The van der Waals surface area contributed by atoms with Crippen molar-refractivity contribution in [3.05, 3.63) is 24.0 Å². The summed E-state index contributed by atoms with van der Waals surface area (Å²) in [6, 6.07) is 4.75. The molecular formula is C9H16ClN3. The first kappa shape index (κ1) is 10.6. The van der Waals surface area contributed by atoms with Gasteiger partial charge in [0.2, 0.25) is 0 Å². The van der Waals surface area contributed by atoms with E-state index in [0.717, 1.165) is 19.6 Å². The standard InChI is InChI=1S/C9H15N3.ClH/c1-12-6-2-3-9(12)8-7-10-4-5-11-8;/h2-3,6,8,10-11H,4-5,7H2,1H3;1H/t8-;/m1./s1. The minimum Gasteiger partial charge on any atom is -0.353 e. The molecule has 1 fully saturated rings. The van der Waals surface area contributed by atoms with Crippen LogP contribution in [0.1, 0.15) is 11.7 Å². The monoisotopic (exact) mass is 201 g/mol. The maximum absolute atomic E-state index is 3.48. The molecule has 2 heterocycles. The number of rotatable bonds is 1. The van der Waals surface area contributed by atoms with Gasteiger partial charge in [0.25, 0.3) is 0 Å². The van der Waals surface area contributed by atoms with Gasteiger partial charge in [0.15, 0.2) is 0 Å². The molecule has 2 N–H and O–H groups in total. The smallest absolute Gasteiger partial charge is 0.0601 e. The summed E-state index contributed by atoms with van der Waals surface area (Å²) in [7, 11) is 2.09. The van der Waals surface area contributed by atoms with Crippen LogP contribution in [0.5, 0.6) is 0 Å². The summed E-state index contributed by atoms with van der Waals surface area (Å²) in [5, 5.41) is 6.85. The van der Waals surface area contributed by atoms with Crippen LogP contribution in [0, 0.1) is 0 Å². The van der Waals surface area contributed by atoms with Crippen LogP contribution in [0.4, 0.5) is 0 Å². The maximum Gasteiger partial charge on any atom is 0.0601 e. The Morgan fingerprint density at radius 2 is 2.31 bits per heavy atom. The van der Waals surface area contributed by atoms with Gasteiger partial charge in [-0.25, -0.2) is 0 Å². The summed E-state index contributed by atoms with van der Waals surface area (Å²) in [6.45, 7) is 3.19. The molecule has 0 unspecified atom stereocenters. The number of nitrogens with one attached hydrogen (secondary N) is 2. The molecule has 0 amide bonds. The highest BCUT2D eigenvalue weighted by Crippen LogP contribution is 2.12. The fourth-order valence-electron chi connectivity index (χ4n) is 1.70. The third kappa shape index (κ3) is 2.24. The quantitative estimate of drug-likeness (QED) is 0.700. The van der Waals surface area contributed by atoms with Crippen LogP contribution < -0.4 is 10.6 Å². The van der Waals surface area contributed by atoms with Crippen molar-refractivity contribution in [2.75, 3.05) is 19.6 Å². The van der Waals surface area contributed by atoms with Gasteiger partial charge in [-0.1, -0.05) is 0 Å². The molecule has 13 heavy (non-hydrogen) atoms. The van der Waals surface area contributed by atoms with Crippen molar-refractivity contribution in [3.63, 3.8) is 0 Å². The van der Waals surface area contributed by atoms with E-state index >= 15 is 0 Å². The predicted molar refractivity (Wildman–Crippen MR) is 56.3 cm³/mol. The van der Waals surface area contributed by atoms with E-state index in [4.69, 9.17) is 0 Å². The molecule has 0 aromatic carbocycles. The SMILES string of the molecule is Cl.Cn1cccc1[C@H]1CNCCN1. The van der Waals surface area contributed by atoms with Crippen LogP contribution in [-0.2, 0) is 7.05 Å². The van der Waals surface area contributed by atoms with Crippen molar-refractivity contribution in [2.24, 2.45) is 7.05 Å². The summed E-state index contributed by atoms with van der Waals surface area (Å²) in [5.74, 6) is 0. The van der Waals surface area contributed by atoms with Crippen molar-refractivity contribution in [1.82, 2.24) is 15.2 Å². The molecule has 0 saturated carbocycles. The van der Waals surface area contributed by atoms with Crippen molar-refractivity contribution in [3.8, 4) is 0 Å². The van der Waals surface area contributed by atoms with E-state index in [1.807, 2.05) is 0 Å². The number of piperazine rings is 1. The second-order valence-corrected chi connectivity index (χ2v) is 3.25. The van der Waals surface area contributed by atoms with E-state index in [1.165, 1.54) is 5.69 Å². The lowest BCUT2D eigenvalue weighted by atomic mass is 10.2. The summed E-state index contributed by atoms with van der Waals surface area (Å²) in [6.07, 6.45) is 2.09. The van der Waals surface area contributed by atoms with Gasteiger partial charge in [-0.3, -0.25) is 0 Å². The first-order valence-corrected chi connectivity index (χ1v) is 4.43. The van der Waals surface area contributed by atoms with Crippen LogP contribution in [0.2, 0.25) is 0 Å². The Bertz CT molecular complexity index is 253. The van der Waals surface area contributed by atoms with Gasteiger partial charge in [0, 0.05) is 38.6 Å².